The van der Waals surface area contributed by atoms with Crippen molar-refractivity contribution in [1.82, 2.24) is 4.98 Å². The molecule has 1 aromatic carbocycles. The van der Waals surface area contributed by atoms with E-state index in [1.807, 2.05) is 0 Å². The first-order chi connectivity index (χ1) is 7.77. The summed E-state index contributed by atoms with van der Waals surface area (Å²) in [4.78, 5) is 14.6. The Balaban J connectivity index is 2.81. The molecular weight excluding hydrogens is 230 g/mol. The van der Waals surface area contributed by atoms with Crippen molar-refractivity contribution in [1.29, 1.82) is 0 Å². The van der Waals surface area contributed by atoms with Crippen molar-refractivity contribution in [3.05, 3.63) is 29.4 Å². The number of carbonyl (C=O) groups excluding carboxylic acids is 1. The zero-order valence-electron chi connectivity index (χ0n) is 8.44. The molecule has 2 aromatic rings. The SMILES string of the molecule is COc1c(Cl)cc2ncccc2c1OC=O. The van der Waals surface area contributed by atoms with Gasteiger partial charge in [0.1, 0.15) is 0 Å². The van der Waals surface area contributed by atoms with Crippen LogP contribution >= 0.6 is 11.6 Å². The van der Waals surface area contributed by atoms with Crippen LogP contribution in [0, 0.1) is 0 Å². The average molecular weight is 238 g/mol. The Hall–Kier alpha value is -1.81. The molecule has 16 heavy (non-hydrogen) atoms. The number of hydrogen-bond donors (Lipinski definition) is 0. The molecule has 2 rings (SSSR count). The maximum absolute atomic E-state index is 10.5. The zero-order chi connectivity index (χ0) is 11.5. The number of aromatic nitrogens is 1. The summed E-state index contributed by atoms with van der Waals surface area (Å²) in [6.45, 7) is 0.334. The molecule has 0 N–H and O–H groups in total. The average Bonchev–Trinajstić information content (AvgIpc) is 2.29. The van der Waals surface area contributed by atoms with E-state index >= 15 is 0 Å². The standard InChI is InChI=1S/C11H8ClNO3/c1-15-11-8(12)5-9-7(3-2-4-13-9)10(11)16-6-14/h2-6H,1H3. The van der Waals surface area contributed by atoms with Crippen LogP contribution in [0.1, 0.15) is 0 Å². The molecule has 1 aromatic heterocycles. The van der Waals surface area contributed by atoms with Gasteiger partial charge in [-0.1, -0.05) is 11.6 Å². The van der Waals surface area contributed by atoms with Crippen molar-refractivity contribution >= 4 is 29.0 Å². The van der Waals surface area contributed by atoms with Gasteiger partial charge >= 0.3 is 0 Å². The number of pyridine rings is 1. The summed E-state index contributed by atoms with van der Waals surface area (Å²) in [5.74, 6) is 0.613. The third-order valence-electron chi connectivity index (χ3n) is 2.14. The smallest absolute Gasteiger partial charge is 0.298 e. The summed E-state index contributed by atoms with van der Waals surface area (Å²) >= 11 is 5.98. The number of fused-ring (bicyclic) bond motifs is 1. The summed E-state index contributed by atoms with van der Waals surface area (Å²) in [7, 11) is 1.46. The molecule has 0 bridgehead atoms. The first kappa shape index (κ1) is 10.7. The number of halogens is 1. The quantitative estimate of drug-likeness (QED) is 0.770. The Kier molecular flexibility index (Phi) is 2.92. The fourth-order valence-corrected chi connectivity index (χ4v) is 1.76. The van der Waals surface area contributed by atoms with Gasteiger partial charge in [0.2, 0.25) is 0 Å². The number of hydrogen-bond acceptors (Lipinski definition) is 4. The second kappa shape index (κ2) is 4.37. The van der Waals surface area contributed by atoms with Crippen molar-refractivity contribution in [2.45, 2.75) is 0 Å². The van der Waals surface area contributed by atoms with Gasteiger partial charge in [-0.3, -0.25) is 9.78 Å². The minimum absolute atomic E-state index is 0.285. The van der Waals surface area contributed by atoms with E-state index in [9.17, 15) is 4.79 Å². The van der Waals surface area contributed by atoms with Gasteiger partial charge in [0.25, 0.3) is 6.47 Å². The van der Waals surface area contributed by atoms with Gasteiger partial charge in [-0.15, -0.1) is 0 Å². The van der Waals surface area contributed by atoms with Gasteiger partial charge in [-0.2, -0.15) is 0 Å². The molecule has 1 heterocycles. The van der Waals surface area contributed by atoms with Gasteiger partial charge in [-0.05, 0) is 18.2 Å². The lowest BCUT2D eigenvalue weighted by Crippen LogP contribution is -1.96. The van der Waals surface area contributed by atoms with Crippen molar-refractivity contribution < 1.29 is 14.3 Å². The molecule has 0 aliphatic rings. The maximum Gasteiger partial charge on any atom is 0.298 e. The second-order valence-corrected chi connectivity index (χ2v) is 3.41. The van der Waals surface area contributed by atoms with Gasteiger partial charge in [0.05, 0.1) is 17.6 Å². The van der Waals surface area contributed by atoms with Crippen LogP contribution in [0.5, 0.6) is 11.5 Å². The Labute approximate surface area is 96.8 Å². The van der Waals surface area contributed by atoms with Gasteiger partial charge in [0.15, 0.2) is 11.5 Å². The van der Waals surface area contributed by atoms with Crippen LogP contribution in [-0.2, 0) is 4.79 Å². The summed E-state index contributed by atoms with van der Waals surface area (Å²) < 4.78 is 9.99. The van der Waals surface area contributed by atoms with E-state index in [0.29, 0.717) is 28.1 Å². The van der Waals surface area contributed by atoms with Crippen LogP contribution in [0.4, 0.5) is 0 Å². The molecule has 0 unspecified atom stereocenters. The first-order valence-electron chi connectivity index (χ1n) is 4.49. The summed E-state index contributed by atoms with van der Waals surface area (Å²) in [6, 6.07) is 5.18. The van der Waals surface area contributed by atoms with Crippen LogP contribution in [0.3, 0.4) is 0 Å². The Bertz CT molecular complexity index is 542. The van der Waals surface area contributed by atoms with Crippen LogP contribution < -0.4 is 9.47 Å². The molecular formula is C11H8ClNO3. The number of benzene rings is 1. The predicted octanol–water partition coefficient (Wildman–Crippen LogP) is 2.43. The number of methoxy groups -OCH3 is 1. The molecule has 0 atom stereocenters. The fourth-order valence-electron chi connectivity index (χ4n) is 1.50. The minimum atomic E-state index is 0.285. The number of ether oxygens (including phenoxy) is 2. The zero-order valence-corrected chi connectivity index (χ0v) is 9.19. The predicted molar refractivity (Wildman–Crippen MR) is 60.0 cm³/mol. The molecule has 4 nitrogen and oxygen atoms in total. The van der Waals surface area contributed by atoms with E-state index < -0.39 is 0 Å². The normalized spacial score (nSPS) is 10.1. The van der Waals surface area contributed by atoms with Crippen molar-refractivity contribution in [3.63, 3.8) is 0 Å². The first-order valence-corrected chi connectivity index (χ1v) is 4.87. The molecule has 0 radical (unpaired) electrons. The summed E-state index contributed by atoms with van der Waals surface area (Å²) in [6.07, 6.45) is 1.63. The van der Waals surface area contributed by atoms with Crippen molar-refractivity contribution in [2.75, 3.05) is 7.11 Å². The van der Waals surface area contributed by atoms with E-state index in [1.54, 1.807) is 24.4 Å². The van der Waals surface area contributed by atoms with Crippen LogP contribution in [0.25, 0.3) is 10.9 Å². The Morgan fingerprint density at radius 3 is 2.94 bits per heavy atom. The highest BCUT2D eigenvalue weighted by molar-refractivity contribution is 6.33. The van der Waals surface area contributed by atoms with E-state index in [2.05, 4.69) is 4.98 Å². The highest BCUT2D eigenvalue weighted by Gasteiger charge is 2.14. The van der Waals surface area contributed by atoms with E-state index in [0.717, 1.165) is 0 Å². The number of rotatable bonds is 3. The highest BCUT2D eigenvalue weighted by atomic mass is 35.5. The van der Waals surface area contributed by atoms with Crippen molar-refractivity contribution in [3.8, 4) is 11.5 Å². The minimum Gasteiger partial charge on any atom is -0.491 e. The molecule has 82 valence electrons. The fraction of sp³-hybridized carbons (Fsp3) is 0.0909. The van der Waals surface area contributed by atoms with Gasteiger partial charge in [0, 0.05) is 11.6 Å². The molecule has 0 saturated heterocycles. The molecule has 0 spiro atoms. The van der Waals surface area contributed by atoms with Crippen LogP contribution in [0.2, 0.25) is 5.02 Å². The van der Waals surface area contributed by atoms with Crippen LogP contribution in [-0.4, -0.2) is 18.6 Å². The molecule has 0 amide bonds. The largest absolute Gasteiger partial charge is 0.491 e. The van der Waals surface area contributed by atoms with Gasteiger partial charge in [-0.25, -0.2) is 0 Å². The van der Waals surface area contributed by atoms with E-state index in [-0.39, 0.29) is 5.75 Å². The molecule has 0 fully saturated rings. The maximum atomic E-state index is 10.5. The van der Waals surface area contributed by atoms with E-state index in [4.69, 9.17) is 21.1 Å². The molecule has 0 saturated carbocycles. The Morgan fingerprint density at radius 1 is 1.44 bits per heavy atom. The molecule has 5 heteroatoms. The summed E-state index contributed by atoms with van der Waals surface area (Å²) in [5.41, 5.74) is 0.644. The lowest BCUT2D eigenvalue weighted by atomic mass is 10.2. The third kappa shape index (κ3) is 1.67. The third-order valence-corrected chi connectivity index (χ3v) is 2.42. The van der Waals surface area contributed by atoms with Crippen LogP contribution in [0.15, 0.2) is 24.4 Å². The topological polar surface area (TPSA) is 48.4 Å². The van der Waals surface area contributed by atoms with Crippen molar-refractivity contribution in [2.24, 2.45) is 0 Å². The lowest BCUT2D eigenvalue weighted by Gasteiger charge is -2.10. The Morgan fingerprint density at radius 2 is 2.25 bits per heavy atom. The lowest BCUT2D eigenvalue weighted by molar-refractivity contribution is -0.120. The van der Waals surface area contributed by atoms with E-state index in [1.165, 1.54) is 7.11 Å². The number of carbonyl (C=O) groups is 1. The van der Waals surface area contributed by atoms with Gasteiger partial charge < -0.3 is 9.47 Å². The second-order valence-electron chi connectivity index (χ2n) is 3.00. The molecule has 0 aliphatic carbocycles. The summed E-state index contributed by atoms with van der Waals surface area (Å²) in [5, 5.41) is 1.03. The monoisotopic (exact) mass is 237 g/mol. The molecule has 0 aliphatic heterocycles. The number of nitrogens with zero attached hydrogens (tertiary/aromatic N) is 1. The highest BCUT2D eigenvalue weighted by Crippen LogP contribution is 2.40.